The second kappa shape index (κ2) is 8.32. The predicted molar refractivity (Wildman–Crippen MR) is 111 cm³/mol. The summed E-state index contributed by atoms with van der Waals surface area (Å²) in [6.07, 6.45) is 9.32. The van der Waals surface area contributed by atoms with Crippen molar-refractivity contribution in [3.05, 3.63) is 58.5 Å². The Morgan fingerprint density at radius 2 is 2.00 bits per heavy atom. The number of hydrogen-bond acceptors (Lipinski definition) is 2. The van der Waals surface area contributed by atoms with Gasteiger partial charge in [0.05, 0.1) is 0 Å². The topological polar surface area (TPSA) is 37.6 Å². The zero-order chi connectivity index (χ0) is 19.5. The SMILES string of the molecule is [C-]#[N+]c1ncccc1-c1ccc(CC2CCN(C3CCCCC3)C2=O)c(Cl)c1. The fraction of sp³-hybridized carbons (Fsp3) is 0.435. The lowest BCUT2D eigenvalue weighted by Gasteiger charge is -2.31. The van der Waals surface area contributed by atoms with Gasteiger partial charge in [-0.1, -0.05) is 55.6 Å². The highest BCUT2D eigenvalue weighted by Crippen LogP contribution is 2.34. The van der Waals surface area contributed by atoms with Gasteiger partial charge in [0.15, 0.2) is 0 Å². The van der Waals surface area contributed by atoms with Crippen molar-refractivity contribution in [3.63, 3.8) is 0 Å². The van der Waals surface area contributed by atoms with Crippen molar-refractivity contribution in [2.45, 2.75) is 51.0 Å². The first-order chi connectivity index (χ1) is 13.7. The highest BCUT2D eigenvalue weighted by Gasteiger charge is 2.36. The molecule has 1 saturated heterocycles. The molecule has 1 atom stereocenters. The van der Waals surface area contributed by atoms with E-state index in [-0.39, 0.29) is 5.92 Å². The van der Waals surface area contributed by atoms with Crippen LogP contribution >= 0.6 is 11.6 Å². The zero-order valence-electron chi connectivity index (χ0n) is 15.9. The molecule has 0 spiro atoms. The number of aromatic nitrogens is 1. The molecule has 4 rings (SSSR count). The van der Waals surface area contributed by atoms with Crippen molar-refractivity contribution in [3.8, 4) is 11.1 Å². The van der Waals surface area contributed by atoms with Gasteiger partial charge in [-0.25, -0.2) is 0 Å². The van der Waals surface area contributed by atoms with Crippen LogP contribution in [-0.2, 0) is 11.2 Å². The molecular weight excluding hydrogens is 370 g/mol. The van der Waals surface area contributed by atoms with Crippen LogP contribution in [0.3, 0.4) is 0 Å². The smallest absolute Gasteiger partial charge is 0.277 e. The number of nitrogens with zero attached hydrogens (tertiary/aromatic N) is 3. The molecule has 5 heteroatoms. The van der Waals surface area contributed by atoms with E-state index in [9.17, 15) is 4.79 Å². The Morgan fingerprint density at radius 1 is 1.18 bits per heavy atom. The average molecular weight is 394 g/mol. The molecule has 1 unspecified atom stereocenters. The van der Waals surface area contributed by atoms with Crippen LogP contribution in [0.5, 0.6) is 0 Å². The number of hydrogen-bond donors (Lipinski definition) is 0. The molecule has 1 aromatic heterocycles. The summed E-state index contributed by atoms with van der Waals surface area (Å²) in [5.41, 5.74) is 2.67. The summed E-state index contributed by atoms with van der Waals surface area (Å²) in [6.45, 7) is 8.17. The van der Waals surface area contributed by atoms with Crippen molar-refractivity contribution in [2.75, 3.05) is 6.54 Å². The van der Waals surface area contributed by atoms with Gasteiger partial charge in [-0.2, -0.15) is 0 Å². The predicted octanol–water partition coefficient (Wildman–Crippen LogP) is 5.68. The third-order valence-electron chi connectivity index (χ3n) is 6.09. The molecule has 4 nitrogen and oxygen atoms in total. The van der Waals surface area contributed by atoms with Crippen LogP contribution < -0.4 is 0 Å². The molecule has 0 bridgehead atoms. The third kappa shape index (κ3) is 3.77. The Balaban J connectivity index is 1.48. The van der Waals surface area contributed by atoms with Gasteiger partial charge >= 0.3 is 0 Å². The zero-order valence-corrected chi connectivity index (χ0v) is 16.7. The summed E-state index contributed by atoms with van der Waals surface area (Å²) >= 11 is 6.56. The van der Waals surface area contributed by atoms with Crippen LogP contribution in [-0.4, -0.2) is 28.4 Å². The minimum absolute atomic E-state index is 0.0301. The first kappa shape index (κ1) is 19.0. The van der Waals surface area contributed by atoms with Gasteiger partial charge in [-0.15, -0.1) is 4.98 Å². The Hall–Kier alpha value is -2.38. The Morgan fingerprint density at radius 3 is 2.75 bits per heavy atom. The monoisotopic (exact) mass is 393 g/mol. The van der Waals surface area contributed by atoms with Crippen molar-refractivity contribution in [1.29, 1.82) is 0 Å². The maximum atomic E-state index is 12.9. The summed E-state index contributed by atoms with van der Waals surface area (Å²) < 4.78 is 0. The number of amides is 1. The fourth-order valence-electron chi connectivity index (χ4n) is 4.56. The molecule has 1 aromatic carbocycles. The summed E-state index contributed by atoms with van der Waals surface area (Å²) in [5.74, 6) is 0.706. The van der Waals surface area contributed by atoms with Gasteiger partial charge in [0.1, 0.15) is 6.20 Å². The van der Waals surface area contributed by atoms with E-state index in [4.69, 9.17) is 18.2 Å². The van der Waals surface area contributed by atoms with Crippen molar-refractivity contribution < 1.29 is 4.79 Å². The summed E-state index contributed by atoms with van der Waals surface area (Å²) in [7, 11) is 0. The van der Waals surface area contributed by atoms with Gasteiger partial charge in [0.2, 0.25) is 5.91 Å². The molecule has 2 aromatic rings. The van der Waals surface area contributed by atoms with Crippen LogP contribution in [0, 0.1) is 12.5 Å². The van der Waals surface area contributed by atoms with E-state index in [0.29, 0.717) is 29.2 Å². The van der Waals surface area contributed by atoms with E-state index < -0.39 is 0 Å². The van der Waals surface area contributed by atoms with E-state index in [1.165, 1.54) is 19.3 Å². The lowest BCUT2D eigenvalue weighted by Crippen LogP contribution is -2.39. The van der Waals surface area contributed by atoms with E-state index in [1.54, 1.807) is 6.20 Å². The number of carbonyl (C=O) groups excluding carboxylic acids is 1. The second-order valence-electron chi connectivity index (χ2n) is 7.81. The van der Waals surface area contributed by atoms with Gasteiger partial charge < -0.3 is 9.74 Å². The van der Waals surface area contributed by atoms with Crippen LogP contribution in [0.2, 0.25) is 5.02 Å². The van der Waals surface area contributed by atoms with E-state index in [0.717, 1.165) is 42.5 Å². The first-order valence-corrected chi connectivity index (χ1v) is 10.5. The van der Waals surface area contributed by atoms with Crippen LogP contribution in [0.15, 0.2) is 36.5 Å². The van der Waals surface area contributed by atoms with Gasteiger partial charge in [0.25, 0.3) is 5.82 Å². The van der Waals surface area contributed by atoms with Crippen molar-refractivity contribution in [2.24, 2.45) is 5.92 Å². The molecule has 28 heavy (non-hydrogen) atoms. The quantitative estimate of drug-likeness (QED) is 0.627. The van der Waals surface area contributed by atoms with E-state index in [2.05, 4.69) is 14.7 Å². The van der Waals surface area contributed by atoms with Crippen molar-refractivity contribution >= 4 is 23.3 Å². The molecule has 0 N–H and O–H groups in total. The highest BCUT2D eigenvalue weighted by atomic mass is 35.5. The number of likely N-dealkylation sites (tertiary alicyclic amines) is 1. The van der Waals surface area contributed by atoms with Gasteiger partial charge in [-0.3, -0.25) is 4.79 Å². The highest BCUT2D eigenvalue weighted by molar-refractivity contribution is 6.31. The average Bonchev–Trinajstić information content (AvgIpc) is 3.10. The molecule has 0 radical (unpaired) electrons. The number of benzene rings is 1. The van der Waals surface area contributed by atoms with E-state index in [1.807, 2.05) is 30.3 Å². The number of pyridine rings is 1. The molecule has 1 amide bonds. The van der Waals surface area contributed by atoms with Gasteiger partial charge in [-0.05, 0) is 48.9 Å². The van der Waals surface area contributed by atoms with Crippen LogP contribution in [0.25, 0.3) is 16.0 Å². The number of halogens is 1. The summed E-state index contributed by atoms with van der Waals surface area (Å²) in [6, 6.07) is 10.0. The minimum atomic E-state index is 0.0301. The summed E-state index contributed by atoms with van der Waals surface area (Å²) in [4.78, 5) is 22.7. The molecule has 2 fully saturated rings. The van der Waals surface area contributed by atoms with Crippen LogP contribution in [0.1, 0.15) is 44.1 Å². The maximum absolute atomic E-state index is 12.9. The molecule has 1 aliphatic carbocycles. The fourth-order valence-corrected chi connectivity index (χ4v) is 4.82. The normalized spacial score (nSPS) is 20.4. The lowest BCUT2D eigenvalue weighted by molar-refractivity contribution is -0.133. The minimum Gasteiger partial charge on any atom is -0.360 e. The lowest BCUT2D eigenvalue weighted by atomic mass is 9.93. The number of rotatable bonds is 4. The maximum Gasteiger partial charge on any atom is 0.277 e. The standard InChI is InChI=1S/C23H24ClN3O/c1-25-22-20(8-5-12-26-22)16-9-10-17(21(24)15-16)14-18-11-13-27(23(18)28)19-6-3-2-4-7-19/h5,8-10,12,15,18-19H,2-4,6-7,11,13-14H2. The molecule has 2 aliphatic rings. The van der Waals surface area contributed by atoms with Gasteiger partial charge in [0, 0.05) is 29.1 Å². The molecule has 144 valence electrons. The molecular formula is C23H24ClN3O. The molecule has 2 heterocycles. The largest absolute Gasteiger partial charge is 0.360 e. The third-order valence-corrected chi connectivity index (χ3v) is 6.44. The second-order valence-corrected chi connectivity index (χ2v) is 8.21. The van der Waals surface area contributed by atoms with E-state index >= 15 is 0 Å². The molecule has 1 aliphatic heterocycles. The van der Waals surface area contributed by atoms with Crippen LogP contribution in [0.4, 0.5) is 5.82 Å². The Labute approximate surface area is 171 Å². The summed E-state index contributed by atoms with van der Waals surface area (Å²) in [5, 5.41) is 0.654. The molecule has 1 saturated carbocycles. The Bertz CT molecular complexity index is 914. The number of carbonyl (C=O) groups is 1. The first-order valence-electron chi connectivity index (χ1n) is 10.1. The van der Waals surface area contributed by atoms with Crippen molar-refractivity contribution in [1.82, 2.24) is 9.88 Å². The Kier molecular flexibility index (Phi) is 5.64.